The molecule has 3 heterocycles. The molecule has 4 rings (SSSR count). The van der Waals surface area contributed by atoms with Gasteiger partial charge in [-0.3, -0.25) is 34.1 Å². The Bertz CT molecular complexity index is 1580. The molecule has 0 spiro atoms. The van der Waals surface area contributed by atoms with Gasteiger partial charge in [-0.15, -0.1) is 11.8 Å². The van der Waals surface area contributed by atoms with E-state index in [2.05, 4.69) is 25.8 Å². The lowest BCUT2D eigenvalue weighted by molar-refractivity contribution is -0.180. The van der Waals surface area contributed by atoms with Crippen LogP contribution in [0.25, 0.3) is 0 Å². The molecule has 0 bridgehead atoms. The van der Waals surface area contributed by atoms with Crippen LogP contribution in [-0.2, 0) is 28.7 Å². The largest absolute Gasteiger partial charge is 0.508 e. The average molecular weight is 635 g/mol. The van der Waals surface area contributed by atoms with Crippen LogP contribution in [0.5, 0.6) is 5.75 Å². The molecule has 3 amide bonds. The topological polar surface area (TPSA) is 213 Å². The number of nitrogens with zero attached hydrogens (tertiary/aromatic N) is 2. The van der Waals surface area contributed by atoms with E-state index in [-0.39, 0.29) is 16.1 Å². The number of hydrogen-bond acceptors (Lipinski definition) is 12. The molecule has 4 atom stereocenters. The molecule has 15 nitrogen and oxygen atoms in total. The smallest absolute Gasteiger partial charge is 0.333 e. The molecule has 0 aliphatic carbocycles. The van der Waals surface area contributed by atoms with Crippen molar-refractivity contribution in [1.82, 2.24) is 30.7 Å². The fourth-order valence-electron chi connectivity index (χ4n) is 4.47. The number of ether oxygens (including phenoxy) is 2. The molecule has 17 heteroatoms. The van der Waals surface area contributed by atoms with Crippen molar-refractivity contribution < 1.29 is 38.6 Å². The quantitative estimate of drug-likeness (QED) is 0.117. The molecule has 0 radical (unpaired) electrons. The lowest BCUT2D eigenvalue weighted by Gasteiger charge is -2.44. The highest BCUT2D eigenvalue weighted by molar-refractivity contribution is 8.01. The molecule has 5 N–H and O–H groups in total. The molecule has 230 valence electrons. The third-order valence-corrected chi connectivity index (χ3v) is 8.42. The minimum atomic E-state index is -1.41. The number of nitrogens with one attached hydrogen (secondary N) is 4. The predicted octanol–water partition coefficient (Wildman–Crippen LogP) is 0.641. The van der Waals surface area contributed by atoms with Crippen LogP contribution in [0.15, 0.2) is 29.1 Å². The lowest BCUT2D eigenvalue weighted by atomic mass is 9.95. The molecule has 2 aliphatic rings. The molecular formula is C26H30N6O9S2. The van der Waals surface area contributed by atoms with Gasteiger partial charge in [0.05, 0.1) is 5.41 Å². The van der Waals surface area contributed by atoms with E-state index in [0.717, 1.165) is 0 Å². The molecule has 0 saturated carbocycles. The summed E-state index contributed by atoms with van der Waals surface area (Å²) in [5, 5.41) is 20.0. The van der Waals surface area contributed by atoms with E-state index in [4.69, 9.17) is 21.7 Å². The number of aromatic amines is 2. The maximum absolute atomic E-state index is 13.5. The summed E-state index contributed by atoms with van der Waals surface area (Å²) >= 11 is 6.05. The molecule has 1 aromatic heterocycles. The van der Waals surface area contributed by atoms with Crippen molar-refractivity contribution in [3.05, 3.63) is 50.6 Å². The third-order valence-electron chi connectivity index (χ3n) is 6.66. The highest BCUT2D eigenvalue weighted by Gasteiger charge is 2.64. The van der Waals surface area contributed by atoms with Crippen LogP contribution in [0.1, 0.15) is 56.7 Å². The van der Waals surface area contributed by atoms with Gasteiger partial charge in [0.2, 0.25) is 24.3 Å². The first-order valence-corrected chi connectivity index (χ1v) is 14.2. The zero-order valence-corrected chi connectivity index (χ0v) is 25.4. The van der Waals surface area contributed by atoms with Crippen molar-refractivity contribution in [2.75, 3.05) is 6.79 Å². The summed E-state index contributed by atoms with van der Waals surface area (Å²) in [4.78, 5) is 80.3. The van der Waals surface area contributed by atoms with E-state index in [1.165, 1.54) is 40.9 Å². The molecule has 43 heavy (non-hydrogen) atoms. The first-order chi connectivity index (χ1) is 20.0. The number of β-lactam (4-membered cyclic amide) rings is 1. The monoisotopic (exact) mass is 634 g/mol. The van der Waals surface area contributed by atoms with Crippen molar-refractivity contribution in [3.63, 3.8) is 0 Å². The van der Waals surface area contributed by atoms with Gasteiger partial charge in [0, 0.05) is 4.75 Å². The van der Waals surface area contributed by atoms with Crippen LogP contribution in [0.4, 0.5) is 0 Å². The number of thioether (sulfide) groups is 1. The van der Waals surface area contributed by atoms with Crippen LogP contribution in [0.2, 0.25) is 0 Å². The second-order valence-corrected chi connectivity index (χ2v) is 13.5. The molecule has 1 unspecified atom stereocenters. The van der Waals surface area contributed by atoms with Gasteiger partial charge in [-0.1, -0.05) is 12.1 Å². The van der Waals surface area contributed by atoms with Crippen molar-refractivity contribution in [1.29, 1.82) is 0 Å². The maximum Gasteiger partial charge on any atom is 0.333 e. The summed E-state index contributed by atoms with van der Waals surface area (Å²) in [6.45, 7) is 7.82. The number of carbonyl (C=O) groups is 5. The minimum absolute atomic E-state index is 0.0940. The Morgan fingerprint density at radius 1 is 1.16 bits per heavy atom. The molecule has 2 saturated heterocycles. The first-order valence-electron chi connectivity index (χ1n) is 12.9. The second kappa shape index (κ2) is 11.8. The summed E-state index contributed by atoms with van der Waals surface area (Å²) in [6.07, 6.45) is 0. The second-order valence-electron chi connectivity index (χ2n) is 11.4. The molecule has 2 aromatic rings. The Morgan fingerprint density at radius 2 is 1.81 bits per heavy atom. The Balaban J connectivity index is 1.48. The summed E-state index contributed by atoms with van der Waals surface area (Å²) in [5.74, 6) is -3.79. The first kappa shape index (κ1) is 31.7. The van der Waals surface area contributed by atoms with Crippen LogP contribution in [-0.4, -0.2) is 83.8 Å². The Labute approximate surface area is 254 Å². The minimum Gasteiger partial charge on any atom is -0.508 e. The SMILES string of the molecule is CC(C)(C)C(=O)OCOC(=O)[C@@H]1N2C(=O)[C@@H](NC(=O)C(NC(=O)c3n[nH]c(=S)[nH]c3=O)c3ccc(O)cc3)[C@H]2SC1(C)C. The Hall–Kier alpha value is -4.25. The highest BCUT2D eigenvalue weighted by Crippen LogP contribution is 2.51. The Kier molecular flexibility index (Phi) is 8.69. The van der Waals surface area contributed by atoms with Gasteiger partial charge in [0.15, 0.2) is 4.77 Å². The number of hydrogen-bond donors (Lipinski definition) is 5. The van der Waals surface area contributed by atoms with Crippen molar-refractivity contribution >= 4 is 53.6 Å². The van der Waals surface area contributed by atoms with Crippen LogP contribution in [0.3, 0.4) is 0 Å². The molecule has 2 fully saturated rings. The van der Waals surface area contributed by atoms with Gasteiger partial charge in [0.25, 0.3) is 11.5 Å². The Morgan fingerprint density at radius 3 is 2.42 bits per heavy atom. The van der Waals surface area contributed by atoms with Gasteiger partial charge in [-0.05, 0) is 64.5 Å². The van der Waals surface area contributed by atoms with Gasteiger partial charge >= 0.3 is 11.9 Å². The zero-order valence-electron chi connectivity index (χ0n) is 23.8. The summed E-state index contributed by atoms with van der Waals surface area (Å²) in [7, 11) is 0. The number of esters is 2. The van der Waals surface area contributed by atoms with Gasteiger partial charge < -0.3 is 30.1 Å². The third kappa shape index (κ3) is 6.56. The van der Waals surface area contributed by atoms with Crippen molar-refractivity contribution in [3.8, 4) is 5.75 Å². The van der Waals surface area contributed by atoms with E-state index in [9.17, 15) is 33.9 Å². The average Bonchev–Trinajstić information content (AvgIpc) is 3.17. The van der Waals surface area contributed by atoms with Crippen LogP contribution < -0.4 is 16.2 Å². The van der Waals surface area contributed by atoms with Crippen molar-refractivity contribution in [2.45, 2.75) is 62.9 Å². The summed E-state index contributed by atoms with van der Waals surface area (Å²) in [6, 6.07) is 1.88. The van der Waals surface area contributed by atoms with Gasteiger partial charge in [-0.2, -0.15) is 5.10 Å². The number of phenols is 1. The summed E-state index contributed by atoms with van der Waals surface area (Å²) in [5.41, 5.74) is -2.03. The number of carbonyl (C=O) groups excluding carboxylic acids is 5. The maximum atomic E-state index is 13.5. The van der Waals surface area contributed by atoms with E-state index in [0.29, 0.717) is 0 Å². The van der Waals surface area contributed by atoms with E-state index >= 15 is 0 Å². The van der Waals surface area contributed by atoms with Gasteiger partial charge in [-0.25, -0.2) is 4.79 Å². The van der Waals surface area contributed by atoms with E-state index in [1.807, 2.05) is 0 Å². The zero-order chi connectivity index (χ0) is 31.9. The molecular weight excluding hydrogens is 604 g/mol. The fraction of sp³-hybridized carbons (Fsp3) is 0.462. The number of phenolic OH excluding ortho intramolecular Hbond substituents is 1. The predicted molar refractivity (Wildman–Crippen MR) is 153 cm³/mol. The number of H-pyrrole nitrogens is 2. The van der Waals surface area contributed by atoms with E-state index in [1.54, 1.807) is 34.6 Å². The number of fused-ring (bicyclic) bond motifs is 1. The number of rotatable bonds is 8. The standard InChI is InChI=1S/C26H30N6O9S2/c1-25(2,3)23(39)41-10-40-22(38)16-26(4,5)43-21-15(20(37)32(16)21)28-17(34)13(11-6-8-12(33)9-7-11)27-18(35)14-19(36)29-24(42)31-30-14/h6-9,13,15-16,21,33H,10H2,1-5H3,(H,27,35)(H,28,34)(H2,29,31,36,42)/t13?,15-,16+,21-/m1/s1. The van der Waals surface area contributed by atoms with Crippen LogP contribution >= 0.6 is 24.0 Å². The number of aromatic hydroxyl groups is 1. The summed E-state index contributed by atoms with van der Waals surface area (Å²) < 4.78 is 9.24. The number of aromatic nitrogens is 3. The number of amides is 3. The van der Waals surface area contributed by atoms with Crippen LogP contribution in [0, 0.1) is 10.2 Å². The fourth-order valence-corrected chi connectivity index (χ4v) is 6.23. The molecule has 1 aromatic carbocycles. The van der Waals surface area contributed by atoms with Gasteiger partial charge in [0.1, 0.15) is 29.2 Å². The van der Waals surface area contributed by atoms with E-state index < -0.39 is 81.4 Å². The number of benzene rings is 1. The highest BCUT2D eigenvalue weighted by atomic mass is 32.2. The normalized spacial score (nSPS) is 21.2. The lowest BCUT2D eigenvalue weighted by Crippen LogP contribution is -2.71. The molecule has 2 aliphatic heterocycles. The van der Waals surface area contributed by atoms with Crippen molar-refractivity contribution in [2.24, 2.45) is 5.41 Å².